The van der Waals surface area contributed by atoms with Crippen LogP contribution in [-0.2, 0) is 0 Å². The van der Waals surface area contributed by atoms with Crippen molar-refractivity contribution in [2.24, 2.45) is 0 Å². The van der Waals surface area contributed by atoms with E-state index in [4.69, 9.17) is 4.74 Å². The number of phenolic OH excluding ortho intramolecular Hbond substituents is 2. The number of phenols is 2. The number of para-hydroxylation sites is 3. The molecule has 0 radical (unpaired) electrons. The normalized spacial score (nSPS) is 12.3. The maximum Gasteiger partial charge on any atom is 0.193 e. The Morgan fingerprint density at radius 3 is 1.73 bits per heavy atom. The van der Waals surface area contributed by atoms with Crippen LogP contribution in [0.1, 0.15) is 0 Å². The van der Waals surface area contributed by atoms with E-state index in [0.717, 1.165) is 17.1 Å². The summed E-state index contributed by atoms with van der Waals surface area (Å²) in [6.45, 7) is 0. The van der Waals surface area contributed by atoms with Gasteiger partial charge in [0.15, 0.2) is 23.0 Å². The highest BCUT2D eigenvalue weighted by atomic mass is 16.5. The fourth-order valence-electron chi connectivity index (χ4n) is 2.67. The zero-order valence-electron chi connectivity index (χ0n) is 11.6. The summed E-state index contributed by atoms with van der Waals surface area (Å²) < 4.78 is 5.75. The summed E-state index contributed by atoms with van der Waals surface area (Å²) in [5.41, 5.74) is 2.37. The van der Waals surface area contributed by atoms with E-state index < -0.39 is 0 Å². The summed E-state index contributed by atoms with van der Waals surface area (Å²) in [5, 5.41) is 20.2. The van der Waals surface area contributed by atoms with Crippen LogP contribution in [0.3, 0.4) is 0 Å². The summed E-state index contributed by atoms with van der Waals surface area (Å²) in [6, 6.07) is 20.1. The molecule has 0 amide bonds. The molecule has 0 spiro atoms. The van der Waals surface area contributed by atoms with Crippen molar-refractivity contribution in [3.8, 4) is 23.0 Å². The predicted octanol–water partition coefficient (Wildman–Crippen LogP) is 4.67. The molecule has 0 fully saturated rings. The third-order valence-electron chi connectivity index (χ3n) is 3.65. The largest absolute Gasteiger partial charge is 0.504 e. The highest BCUT2D eigenvalue weighted by molar-refractivity contribution is 5.88. The molecule has 4 heteroatoms. The average Bonchev–Trinajstić information content (AvgIpc) is 2.55. The molecule has 3 aromatic rings. The molecule has 22 heavy (non-hydrogen) atoms. The molecule has 108 valence electrons. The molecule has 4 nitrogen and oxygen atoms in total. The van der Waals surface area contributed by atoms with Crippen LogP contribution < -0.4 is 9.64 Å². The molecule has 0 saturated heterocycles. The van der Waals surface area contributed by atoms with Gasteiger partial charge in [0.25, 0.3) is 0 Å². The van der Waals surface area contributed by atoms with Crippen molar-refractivity contribution in [3.05, 3.63) is 66.7 Å². The lowest BCUT2D eigenvalue weighted by molar-refractivity contribution is 0.383. The van der Waals surface area contributed by atoms with Crippen LogP contribution >= 0.6 is 0 Å². The molecule has 4 rings (SSSR count). The van der Waals surface area contributed by atoms with Crippen LogP contribution in [0.25, 0.3) is 0 Å². The second kappa shape index (κ2) is 4.70. The minimum Gasteiger partial charge on any atom is -0.504 e. The van der Waals surface area contributed by atoms with E-state index in [1.807, 2.05) is 47.4 Å². The predicted molar refractivity (Wildman–Crippen MR) is 84.5 cm³/mol. The van der Waals surface area contributed by atoms with Gasteiger partial charge in [-0.15, -0.1) is 0 Å². The first-order valence-corrected chi connectivity index (χ1v) is 6.92. The summed E-state index contributed by atoms with van der Waals surface area (Å²) in [4.78, 5) is 1.95. The van der Waals surface area contributed by atoms with E-state index in [-0.39, 0.29) is 11.5 Å². The van der Waals surface area contributed by atoms with Crippen LogP contribution in [0, 0.1) is 0 Å². The van der Waals surface area contributed by atoms with Gasteiger partial charge >= 0.3 is 0 Å². The van der Waals surface area contributed by atoms with Crippen molar-refractivity contribution < 1.29 is 14.9 Å². The van der Waals surface area contributed by atoms with E-state index in [1.165, 1.54) is 0 Å². The van der Waals surface area contributed by atoms with Gasteiger partial charge in [-0.2, -0.15) is 0 Å². The number of nitrogens with zero attached hydrogens (tertiary/aromatic N) is 1. The molecule has 0 atom stereocenters. The van der Waals surface area contributed by atoms with E-state index in [0.29, 0.717) is 11.5 Å². The highest BCUT2D eigenvalue weighted by Crippen LogP contribution is 2.55. The molecule has 1 aliphatic heterocycles. The minimum atomic E-state index is 0.0346. The molecular weight excluding hydrogens is 278 g/mol. The van der Waals surface area contributed by atoms with Crippen LogP contribution in [-0.4, -0.2) is 10.2 Å². The third kappa shape index (κ3) is 1.78. The SMILES string of the molecule is Oc1cccc2c1Oc1c(O)cccc1N2c1ccccc1. The van der Waals surface area contributed by atoms with Crippen molar-refractivity contribution in [1.29, 1.82) is 0 Å². The van der Waals surface area contributed by atoms with Gasteiger partial charge in [0.05, 0.1) is 11.4 Å². The Kier molecular flexibility index (Phi) is 2.69. The van der Waals surface area contributed by atoms with Gasteiger partial charge in [0.2, 0.25) is 0 Å². The standard InChI is InChI=1S/C18H13NO3/c20-15-10-4-8-13-17(15)22-18-14(9-5-11-16(18)21)19(13)12-6-2-1-3-7-12/h1-11,20-21H. The molecule has 2 N–H and O–H groups in total. The number of anilines is 3. The molecule has 0 bridgehead atoms. The van der Waals surface area contributed by atoms with Crippen LogP contribution in [0.15, 0.2) is 66.7 Å². The van der Waals surface area contributed by atoms with Gasteiger partial charge in [-0.3, -0.25) is 0 Å². The number of ether oxygens (including phenoxy) is 1. The fraction of sp³-hybridized carbons (Fsp3) is 0. The van der Waals surface area contributed by atoms with Crippen molar-refractivity contribution in [2.75, 3.05) is 4.90 Å². The first-order chi connectivity index (χ1) is 10.8. The fourth-order valence-corrected chi connectivity index (χ4v) is 2.67. The number of rotatable bonds is 1. The first-order valence-electron chi connectivity index (χ1n) is 6.92. The Bertz CT molecular complexity index is 795. The molecule has 1 heterocycles. The van der Waals surface area contributed by atoms with E-state index in [9.17, 15) is 10.2 Å². The molecule has 1 aliphatic rings. The molecule has 0 aliphatic carbocycles. The summed E-state index contributed by atoms with van der Waals surface area (Å²) in [7, 11) is 0. The van der Waals surface area contributed by atoms with Gasteiger partial charge in [0, 0.05) is 5.69 Å². The maximum atomic E-state index is 10.1. The lowest BCUT2D eigenvalue weighted by Crippen LogP contribution is -2.15. The number of hydrogen-bond acceptors (Lipinski definition) is 4. The smallest absolute Gasteiger partial charge is 0.193 e. The van der Waals surface area contributed by atoms with Crippen molar-refractivity contribution in [2.45, 2.75) is 0 Å². The average molecular weight is 291 g/mol. The second-order valence-corrected chi connectivity index (χ2v) is 5.02. The Morgan fingerprint density at radius 2 is 1.18 bits per heavy atom. The van der Waals surface area contributed by atoms with Gasteiger partial charge < -0.3 is 19.8 Å². The highest BCUT2D eigenvalue weighted by Gasteiger charge is 2.29. The van der Waals surface area contributed by atoms with Crippen LogP contribution in [0.2, 0.25) is 0 Å². The number of fused-ring (bicyclic) bond motifs is 2. The zero-order valence-corrected chi connectivity index (χ0v) is 11.6. The van der Waals surface area contributed by atoms with Gasteiger partial charge in [-0.1, -0.05) is 30.3 Å². The van der Waals surface area contributed by atoms with E-state index in [2.05, 4.69) is 0 Å². The van der Waals surface area contributed by atoms with Gasteiger partial charge in [-0.05, 0) is 36.4 Å². The van der Waals surface area contributed by atoms with E-state index >= 15 is 0 Å². The molecule has 0 unspecified atom stereocenters. The Labute approximate surface area is 127 Å². The topological polar surface area (TPSA) is 52.9 Å². The lowest BCUT2D eigenvalue weighted by Gasteiger charge is -2.33. The Balaban J connectivity index is 2.02. The number of aromatic hydroxyl groups is 2. The summed E-state index contributed by atoms with van der Waals surface area (Å²) >= 11 is 0. The number of benzene rings is 3. The third-order valence-corrected chi connectivity index (χ3v) is 3.65. The van der Waals surface area contributed by atoms with Crippen LogP contribution in [0.5, 0.6) is 23.0 Å². The Hall–Kier alpha value is -3.14. The van der Waals surface area contributed by atoms with Crippen molar-refractivity contribution in [3.63, 3.8) is 0 Å². The summed E-state index contributed by atoms with van der Waals surface area (Å²) in [6.07, 6.45) is 0. The second-order valence-electron chi connectivity index (χ2n) is 5.02. The maximum absolute atomic E-state index is 10.1. The summed E-state index contributed by atoms with van der Waals surface area (Å²) in [5.74, 6) is 0.736. The Morgan fingerprint density at radius 1 is 0.636 bits per heavy atom. The minimum absolute atomic E-state index is 0.0346. The van der Waals surface area contributed by atoms with E-state index in [1.54, 1.807) is 24.3 Å². The van der Waals surface area contributed by atoms with Crippen LogP contribution in [0.4, 0.5) is 17.1 Å². The van der Waals surface area contributed by atoms with Gasteiger partial charge in [0.1, 0.15) is 0 Å². The van der Waals surface area contributed by atoms with Crippen molar-refractivity contribution >= 4 is 17.1 Å². The lowest BCUT2D eigenvalue weighted by atomic mass is 10.1. The molecular formula is C18H13NO3. The molecule has 3 aromatic carbocycles. The monoisotopic (exact) mass is 291 g/mol. The van der Waals surface area contributed by atoms with Crippen molar-refractivity contribution in [1.82, 2.24) is 0 Å². The molecule has 0 aromatic heterocycles. The number of hydrogen-bond donors (Lipinski definition) is 2. The zero-order chi connectivity index (χ0) is 15.1. The first kappa shape index (κ1) is 12.6. The quantitative estimate of drug-likeness (QED) is 0.535. The molecule has 0 saturated carbocycles. The van der Waals surface area contributed by atoms with Gasteiger partial charge in [-0.25, -0.2) is 0 Å².